The van der Waals surface area contributed by atoms with E-state index in [1.54, 1.807) is 56.3 Å². The van der Waals surface area contributed by atoms with Gasteiger partial charge < -0.3 is 15.2 Å². The third-order valence-electron chi connectivity index (χ3n) is 5.78. The summed E-state index contributed by atoms with van der Waals surface area (Å²) in [5.74, 6) is -1.07. The number of aryl methyl sites for hydroxylation is 1. The molecule has 0 saturated heterocycles. The van der Waals surface area contributed by atoms with Crippen molar-refractivity contribution in [2.45, 2.75) is 25.2 Å². The van der Waals surface area contributed by atoms with E-state index in [-0.39, 0.29) is 73.5 Å². The predicted molar refractivity (Wildman–Crippen MR) is 149 cm³/mol. The summed E-state index contributed by atoms with van der Waals surface area (Å²) >= 11 is 12.6. The first-order valence-electron chi connectivity index (χ1n) is 11.7. The van der Waals surface area contributed by atoms with Crippen LogP contribution in [0.25, 0.3) is 10.8 Å². The van der Waals surface area contributed by atoms with Crippen molar-refractivity contribution in [2.24, 2.45) is 10.2 Å². The van der Waals surface area contributed by atoms with Crippen molar-refractivity contribution < 1.29 is 57.2 Å². The Morgan fingerprint density at radius 2 is 1.77 bits per heavy atom. The Morgan fingerprint density at radius 1 is 1.05 bits per heavy atom. The minimum Gasteiger partial charge on any atom is -0.870 e. The van der Waals surface area contributed by atoms with Crippen LogP contribution in [0.15, 0.2) is 75.8 Å². The van der Waals surface area contributed by atoms with Crippen LogP contribution in [-0.2, 0) is 16.5 Å². The van der Waals surface area contributed by atoms with Crippen molar-refractivity contribution in [3.8, 4) is 11.5 Å². The van der Waals surface area contributed by atoms with Crippen molar-refractivity contribution >= 4 is 67.1 Å². The molecule has 0 unspecified atom stereocenters. The number of nitrogens with zero attached hydrogens (tertiary/aromatic N) is 2. The third-order valence-corrected chi connectivity index (χ3v) is 7.41. The van der Waals surface area contributed by atoms with Gasteiger partial charge in [-0.25, -0.2) is 0 Å². The molecule has 4 rings (SSSR count). The minimum absolute atomic E-state index is 0. The zero-order valence-electron chi connectivity index (χ0n) is 21.7. The van der Waals surface area contributed by atoms with Gasteiger partial charge in [-0.15, -0.1) is 5.11 Å². The van der Waals surface area contributed by atoms with Gasteiger partial charge in [0, 0.05) is 10.9 Å². The summed E-state index contributed by atoms with van der Waals surface area (Å²) < 4.78 is 38.8. The van der Waals surface area contributed by atoms with Gasteiger partial charge in [0.15, 0.2) is 0 Å². The molecule has 0 saturated carbocycles. The fraction of sp³-hybridized carbons (Fsp3) is 0.148. The Kier molecular flexibility index (Phi) is 10.6. The molecule has 4 aromatic carbocycles. The number of halogens is 2. The number of carbonyl (C=O) groups is 1. The number of azo groups is 1. The number of amides is 1. The summed E-state index contributed by atoms with van der Waals surface area (Å²) in [7, 11) is -4.56. The SMILES string of the molecule is CCOc1cccc(NC(=O)c2cc3ccccc3c(N=Nc3cc(S(=O)(=O)O)c(CC)cc3Cl)c2[O-])c1Cl.[Na+]. The topological polar surface area (TPSA) is 140 Å². The maximum Gasteiger partial charge on any atom is 1.00 e. The Hall–Kier alpha value is -2.70. The van der Waals surface area contributed by atoms with Crippen LogP contribution in [0.5, 0.6) is 11.5 Å². The minimum atomic E-state index is -4.56. The second-order valence-electron chi connectivity index (χ2n) is 8.27. The molecule has 13 heteroatoms. The molecule has 0 aliphatic heterocycles. The summed E-state index contributed by atoms with van der Waals surface area (Å²) in [6.45, 7) is 3.87. The number of hydrogen-bond donors (Lipinski definition) is 2. The molecule has 1 amide bonds. The molecule has 0 fully saturated rings. The second kappa shape index (κ2) is 13.3. The van der Waals surface area contributed by atoms with Gasteiger partial charge >= 0.3 is 29.6 Å². The maximum atomic E-state index is 13.5. The quantitative estimate of drug-likeness (QED) is 0.175. The Balaban J connectivity index is 0.00000441. The first-order chi connectivity index (χ1) is 18.5. The van der Waals surface area contributed by atoms with Crippen LogP contribution in [0.4, 0.5) is 17.1 Å². The van der Waals surface area contributed by atoms with Crippen LogP contribution in [0.2, 0.25) is 10.0 Å². The molecule has 0 heterocycles. The van der Waals surface area contributed by atoms with Crippen LogP contribution in [-0.4, -0.2) is 25.5 Å². The first-order valence-corrected chi connectivity index (χ1v) is 13.9. The summed E-state index contributed by atoms with van der Waals surface area (Å²) in [6.07, 6.45) is 0.288. The van der Waals surface area contributed by atoms with Crippen LogP contribution in [0.1, 0.15) is 29.8 Å². The van der Waals surface area contributed by atoms with Gasteiger partial charge in [0.2, 0.25) is 0 Å². The Labute approximate surface area is 263 Å². The molecule has 0 radical (unpaired) electrons. The number of ether oxygens (including phenoxy) is 1. The van der Waals surface area contributed by atoms with Crippen LogP contribution >= 0.6 is 23.2 Å². The van der Waals surface area contributed by atoms with Gasteiger partial charge in [-0.05, 0) is 54.6 Å². The molecule has 2 N–H and O–H groups in total. The van der Waals surface area contributed by atoms with Gasteiger partial charge in [0.25, 0.3) is 16.0 Å². The van der Waals surface area contributed by atoms with Gasteiger partial charge in [-0.3, -0.25) is 9.35 Å². The van der Waals surface area contributed by atoms with E-state index in [0.717, 1.165) is 6.07 Å². The monoisotopic (exact) mass is 609 g/mol. The summed E-state index contributed by atoms with van der Waals surface area (Å²) in [5.41, 5.74) is 0.0911. The smallest absolute Gasteiger partial charge is 0.870 e. The molecule has 0 spiro atoms. The van der Waals surface area contributed by atoms with E-state index in [2.05, 4.69) is 15.5 Å². The largest absolute Gasteiger partial charge is 1.00 e. The van der Waals surface area contributed by atoms with E-state index in [9.17, 15) is 22.9 Å². The number of fused-ring (bicyclic) bond motifs is 1. The zero-order chi connectivity index (χ0) is 28.3. The molecular formula is C27H22Cl2N3NaO6S. The molecule has 0 bridgehead atoms. The van der Waals surface area contributed by atoms with Gasteiger partial charge in [-0.2, -0.15) is 13.5 Å². The standard InChI is InChI=1S/C27H23Cl2N3O6S.Na/c1-3-15-13-19(28)21(14-23(15)39(35,36)37)31-32-25-17-9-6-5-8-16(17)12-18(26(25)33)27(34)30-20-10-7-11-22(24(20)29)38-4-2;/h5-14,33H,3-4H2,1-2H3,(H,30,34)(H,35,36,37);/q;+1/p-1. The predicted octanol–water partition coefficient (Wildman–Crippen LogP) is 4.10. The van der Waals surface area contributed by atoms with E-state index >= 15 is 0 Å². The van der Waals surface area contributed by atoms with E-state index in [0.29, 0.717) is 28.7 Å². The molecule has 202 valence electrons. The molecule has 0 aromatic heterocycles. The molecule has 0 aliphatic rings. The molecule has 9 nitrogen and oxygen atoms in total. The van der Waals surface area contributed by atoms with Crippen molar-refractivity contribution in [3.63, 3.8) is 0 Å². The van der Waals surface area contributed by atoms with Crippen LogP contribution in [0, 0.1) is 0 Å². The maximum absolute atomic E-state index is 13.5. The number of rotatable bonds is 8. The van der Waals surface area contributed by atoms with E-state index in [1.165, 1.54) is 12.1 Å². The van der Waals surface area contributed by atoms with E-state index in [1.807, 2.05) is 0 Å². The summed E-state index contributed by atoms with van der Waals surface area (Å²) in [5, 5.41) is 25.4. The first kappa shape index (κ1) is 31.8. The van der Waals surface area contributed by atoms with Crippen molar-refractivity contribution in [3.05, 3.63) is 81.8 Å². The Bertz CT molecular complexity index is 1730. The number of benzene rings is 4. The average molecular weight is 610 g/mol. The van der Waals surface area contributed by atoms with Crippen molar-refractivity contribution in [2.75, 3.05) is 11.9 Å². The van der Waals surface area contributed by atoms with Gasteiger partial charge in [-0.1, -0.05) is 66.2 Å². The summed E-state index contributed by atoms with van der Waals surface area (Å²) in [6, 6.07) is 15.5. The van der Waals surface area contributed by atoms with Crippen LogP contribution in [0.3, 0.4) is 0 Å². The fourth-order valence-corrected chi connectivity index (χ4v) is 5.17. The van der Waals surface area contributed by atoms with Crippen molar-refractivity contribution in [1.82, 2.24) is 0 Å². The zero-order valence-corrected chi connectivity index (χ0v) is 26.1. The van der Waals surface area contributed by atoms with E-state index in [4.69, 9.17) is 27.9 Å². The van der Waals surface area contributed by atoms with E-state index < -0.39 is 21.8 Å². The summed E-state index contributed by atoms with van der Waals surface area (Å²) in [4.78, 5) is 12.8. The number of nitrogens with one attached hydrogen (secondary N) is 1. The normalized spacial score (nSPS) is 11.4. The van der Waals surface area contributed by atoms with Gasteiger partial charge in [0.1, 0.15) is 16.5 Å². The average Bonchev–Trinajstić information content (AvgIpc) is 2.90. The molecule has 0 atom stereocenters. The fourth-order valence-electron chi connectivity index (χ4n) is 3.92. The molecule has 40 heavy (non-hydrogen) atoms. The van der Waals surface area contributed by atoms with Crippen LogP contribution < -0.4 is 44.7 Å². The number of carbonyl (C=O) groups excluding carboxylic acids is 1. The number of hydrogen-bond acceptors (Lipinski definition) is 7. The molecule has 4 aromatic rings. The molecular weight excluding hydrogens is 588 g/mol. The molecule has 0 aliphatic carbocycles. The van der Waals surface area contributed by atoms with Gasteiger partial charge in [0.05, 0.1) is 27.9 Å². The second-order valence-corrected chi connectivity index (χ2v) is 10.4. The number of anilines is 1. The third kappa shape index (κ3) is 6.77. The van der Waals surface area contributed by atoms with Crippen molar-refractivity contribution in [1.29, 1.82) is 0 Å². The Morgan fingerprint density at radius 3 is 2.45 bits per heavy atom.